The topological polar surface area (TPSA) is 100 Å². The largest absolute Gasteiger partial charge is 0.463 e. The Hall–Kier alpha value is -3.09. The van der Waals surface area contributed by atoms with Crippen LogP contribution in [0.4, 0.5) is 4.79 Å². The highest BCUT2D eigenvalue weighted by Crippen LogP contribution is 2.28. The number of esters is 1. The van der Waals surface area contributed by atoms with Crippen molar-refractivity contribution in [1.82, 2.24) is 15.6 Å². The number of pyridine rings is 1. The van der Waals surface area contributed by atoms with Crippen LogP contribution in [0.25, 0.3) is 10.9 Å². The molecule has 1 unspecified atom stereocenters. The first-order valence-electron chi connectivity index (χ1n) is 8.42. The maximum Gasteiger partial charge on any atom is 0.338 e. The monoisotopic (exact) mass is 355 g/mol. The number of fused-ring (bicyclic) bond motifs is 1. The molecule has 0 radical (unpaired) electrons. The van der Waals surface area contributed by atoms with Crippen molar-refractivity contribution in [2.45, 2.75) is 33.7 Å². The van der Waals surface area contributed by atoms with E-state index >= 15 is 0 Å². The lowest BCUT2D eigenvalue weighted by Gasteiger charge is -2.27. The van der Waals surface area contributed by atoms with Gasteiger partial charge in [-0.2, -0.15) is 0 Å². The van der Waals surface area contributed by atoms with E-state index in [1.165, 1.54) is 0 Å². The number of hydrogen-bond acceptors (Lipinski definition) is 4. The first-order valence-corrected chi connectivity index (χ1v) is 8.42. The van der Waals surface area contributed by atoms with Crippen LogP contribution < -0.4 is 16.2 Å². The molecule has 0 aliphatic carbocycles. The van der Waals surface area contributed by atoms with E-state index in [9.17, 15) is 14.4 Å². The van der Waals surface area contributed by atoms with Gasteiger partial charge in [0.25, 0.3) is 5.56 Å². The molecule has 7 heteroatoms. The van der Waals surface area contributed by atoms with Gasteiger partial charge in [-0.1, -0.05) is 12.1 Å². The van der Waals surface area contributed by atoms with Crippen molar-refractivity contribution in [1.29, 1.82) is 0 Å². The van der Waals surface area contributed by atoms with Crippen LogP contribution in [0.15, 0.2) is 34.3 Å². The second-order valence-electron chi connectivity index (χ2n) is 6.32. The number of aromatic nitrogens is 1. The summed E-state index contributed by atoms with van der Waals surface area (Å²) in [6.45, 7) is 7.42. The van der Waals surface area contributed by atoms with Crippen LogP contribution in [0, 0.1) is 13.8 Å². The SMILES string of the molecule is CCOC(=O)C1=C(C)NC(=O)NC1c1cc2ccc(C)c(C)c2[nH]c1=O. The predicted molar refractivity (Wildman–Crippen MR) is 97.8 cm³/mol. The Morgan fingerprint density at radius 3 is 2.62 bits per heavy atom. The molecule has 3 rings (SSSR count). The fraction of sp³-hybridized carbons (Fsp3) is 0.316. The Labute approximate surface area is 150 Å². The van der Waals surface area contributed by atoms with Crippen LogP contribution in [-0.2, 0) is 9.53 Å². The minimum atomic E-state index is -0.877. The molecule has 26 heavy (non-hydrogen) atoms. The van der Waals surface area contributed by atoms with Gasteiger partial charge in [0.15, 0.2) is 0 Å². The summed E-state index contributed by atoms with van der Waals surface area (Å²) in [6, 6.07) is 4.23. The molecule has 0 saturated carbocycles. The summed E-state index contributed by atoms with van der Waals surface area (Å²) in [4.78, 5) is 39.9. The van der Waals surface area contributed by atoms with Gasteiger partial charge in [0.05, 0.1) is 23.7 Å². The Bertz CT molecular complexity index is 1000. The van der Waals surface area contributed by atoms with Crippen molar-refractivity contribution in [2.24, 2.45) is 0 Å². The Morgan fingerprint density at radius 1 is 1.19 bits per heavy atom. The number of aryl methyl sites for hydroxylation is 2. The molecule has 136 valence electrons. The summed E-state index contributed by atoms with van der Waals surface area (Å²) in [7, 11) is 0. The zero-order valence-corrected chi connectivity index (χ0v) is 15.1. The van der Waals surface area contributed by atoms with Gasteiger partial charge in [-0.25, -0.2) is 9.59 Å². The molecule has 1 aliphatic rings. The zero-order valence-electron chi connectivity index (χ0n) is 15.1. The Morgan fingerprint density at radius 2 is 1.92 bits per heavy atom. The van der Waals surface area contributed by atoms with Crippen molar-refractivity contribution in [3.05, 3.63) is 56.5 Å². The van der Waals surface area contributed by atoms with Crippen LogP contribution in [0.5, 0.6) is 0 Å². The first kappa shape index (κ1) is 17.7. The number of aromatic amines is 1. The van der Waals surface area contributed by atoms with Gasteiger partial charge in [0.2, 0.25) is 0 Å². The summed E-state index contributed by atoms with van der Waals surface area (Å²) in [5.74, 6) is -0.568. The summed E-state index contributed by atoms with van der Waals surface area (Å²) < 4.78 is 5.10. The van der Waals surface area contributed by atoms with E-state index in [1.807, 2.05) is 26.0 Å². The normalized spacial score (nSPS) is 17.1. The first-order chi connectivity index (χ1) is 12.3. The lowest BCUT2D eigenvalue weighted by molar-refractivity contribution is -0.139. The summed E-state index contributed by atoms with van der Waals surface area (Å²) in [6.07, 6.45) is 0. The number of hydrogen-bond donors (Lipinski definition) is 3. The van der Waals surface area contributed by atoms with Gasteiger partial charge in [0.1, 0.15) is 0 Å². The van der Waals surface area contributed by atoms with Crippen molar-refractivity contribution in [3.8, 4) is 0 Å². The maximum atomic E-state index is 12.7. The number of nitrogens with one attached hydrogen (secondary N) is 3. The van der Waals surface area contributed by atoms with Gasteiger partial charge in [-0.15, -0.1) is 0 Å². The molecule has 1 aliphatic heterocycles. The molecule has 1 atom stereocenters. The minimum Gasteiger partial charge on any atom is -0.463 e. The van der Waals surface area contributed by atoms with E-state index in [0.29, 0.717) is 5.70 Å². The van der Waals surface area contributed by atoms with E-state index < -0.39 is 18.0 Å². The lowest BCUT2D eigenvalue weighted by Crippen LogP contribution is -2.46. The zero-order chi connectivity index (χ0) is 19.0. The summed E-state index contributed by atoms with van der Waals surface area (Å²) in [5.41, 5.74) is 3.33. The minimum absolute atomic E-state index is 0.197. The molecule has 2 amide bonds. The Kier molecular flexibility index (Phi) is 4.54. The third-order valence-corrected chi connectivity index (χ3v) is 4.66. The van der Waals surface area contributed by atoms with Gasteiger partial charge in [-0.05, 0) is 50.3 Å². The number of rotatable bonds is 3. The molecule has 3 N–H and O–H groups in total. The molecule has 1 aromatic heterocycles. The highest BCUT2D eigenvalue weighted by Gasteiger charge is 2.33. The lowest BCUT2D eigenvalue weighted by atomic mass is 9.94. The van der Waals surface area contributed by atoms with E-state index in [1.54, 1.807) is 19.9 Å². The summed E-state index contributed by atoms with van der Waals surface area (Å²) >= 11 is 0. The summed E-state index contributed by atoms with van der Waals surface area (Å²) in [5, 5.41) is 6.04. The smallest absolute Gasteiger partial charge is 0.338 e. The second-order valence-corrected chi connectivity index (χ2v) is 6.32. The predicted octanol–water partition coefficient (Wildman–Crippen LogP) is 2.34. The molecular formula is C19H21N3O4. The number of allylic oxidation sites excluding steroid dienone is 1. The highest BCUT2D eigenvalue weighted by molar-refractivity contribution is 5.95. The van der Waals surface area contributed by atoms with E-state index in [-0.39, 0.29) is 23.3 Å². The van der Waals surface area contributed by atoms with Crippen LogP contribution in [0.3, 0.4) is 0 Å². The highest BCUT2D eigenvalue weighted by atomic mass is 16.5. The van der Waals surface area contributed by atoms with Crippen LogP contribution in [0.1, 0.15) is 36.6 Å². The van der Waals surface area contributed by atoms with Crippen molar-refractivity contribution in [2.75, 3.05) is 6.61 Å². The molecule has 0 saturated heterocycles. The number of benzene rings is 1. The number of carbonyl (C=O) groups excluding carboxylic acids is 2. The Balaban J connectivity index is 2.20. The van der Waals surface area contributed by atoms with Crippen molar-refractivity contribution in [3.63, 3.8) is 0 Å². The van der Waals surface area contributed by atoms with Crippen LogP contribution >= 0.6 is 0 Å². The van der Waals surface area contributed by atoms with E-state index in [2.05, 4.69) is 15.6 Å². The fourth-order valence-electron chi connectivity index (χ4n) is 3.16. The molecule has 0 fully saturated rings. The number of urea groups is 1. The molecule has 0 bridgehead atoms. The third kappa shape index (κ3) is 2.96. The molecule has 2 heterocycles. The molecular weight excluding hydrogens is 334 g/mol. The molecule has 7 nitrogen and oxygen atoms in total. The third-order valence-electron chi connectivity index (χ3n) is 4.66. The number of H-pyrrole nitrogens is 1. The number of amides is 2. The average Bonchev–Trinajstić information content (AvgIpc) is 2.57. The van der Waals surface area contributed by atoms with E-state index in [0.717, 1.165) is 22.0 Å². The maximum absolute atomic E-state index is 12.7. The van der Waals surface area contributed by atoms with Gasteiger partial charge < -0.3 is 20.4 Å². The average molecular weight is 355 g/mol. The number of ether oxygens (including phenoxy) is 1. The van der Waals surface area contributed by atoms with Gasteiger partial charge >= 0.3 is 12.0 Å². The quantitative estimate of drug-likeness (QED) is 0.736. The van der Waals surface area contributed by atoms with Crippen molar-refractivity contribution >= 4 is 22.9 Å². The standard InChI is InChI=1S/C19H21N3O4/c1-5-26-18(24)14-11(4)20-19(25)22-16(14)13-8-12-7-6-9(2)10(3)15(12)21-17(13)23/h6-8,16H,5H2,1-4H3,(H,21,23)(H2,20,22,25). The van der Waals surface area contributed by atoms with Crippen molar-refractivity contribution < 1.29 is 14.3 Å². The van der Waals surface area contributed by atoms with Gasteiger partial charge in [-0.3, -0.25) is 4.79 Å². The van der Waals surface area contributed by atoms with Gasteiger partial charge in [0, 0.05) is 11.3 Å². The molecule has 0 spiro atoms. The molecule has 1 aromatic carbocycles. The van der Waals surface area contributed by atoms with Crippen LogP contribution in [-0.4, -0.2) is 23.6 Å². The number of carbonyl (C=O) groups is 2. The molecule has 2 aromatic rings. The second kappa shape index (κ2) is 6.67. The fourth-order valence-corrected chi connectivity index (χ4v) is 3.16. The van der Waals surface area contributed by atoms with Crippen LogP contribution in [0.2, 0.25) is 0 Å². The van der Waals surface area contributed by atoms with E-state index in [4.69, 9.17) is 4.74 Å².